The molecular weight excluding hydrogens is 252 g/mol. The molecule has 18 heavy (non-hydrogen) atoms. The van der Waals surface area contributed by atoms with E-state index in [2.05, 4.69) is 15.6 Å². The van der Waals surface area contributed by atoms with Crippen molar-refractivity contribution in [2.75, 3.05) is 12.5 Å². The number of nitrogens with zero attached hydrogens (tertiary/aromatic N) is 2. The van der Waals surface area contributed by atoms with Crippen molar-refractivity contribution in [3.05, 3.63) is 34.8 Å². The number of methoxy groups -OCH3 is 1. The number of hydrazine groups is 1. The minimum Gasteiger partial charge on any atom is -0.497 e. The van der Waals surface area contributed by atoms with Crippen LogP contribution in [0.3, 0.4) is 0 Å². The first-order valence-corrected chi connectivity index (χ1v) is 6.13. The van der Waals surface area contributed by atoms with Gasteiger partial charge in [-0.1, -0.05) is 23.5 Å². The number of rotatable bonds is 6. The van der Waals surface area contributed by atoms with Crippen LogP contribution < -0.4 is 16.0 Å². The quantitative estimate of drug-likeness (QED) is 0.610. The first-order chi connectivity index (χ1) is 8.81. The fourth-order valence-corrected chi connectivity index (χ4v) is 1.98. The van der Waals surface area contributed by atoms with Gasteiger partial charge >= 0.3 is 0 Å². The fourth-order valence-electron chi connectivity index (χ4n) is 1.39. The predicted molar refractivity (Wildman–Crippen MR) is 69.2 cm³/mol. The Kier molecular flexibility index (Phi) is 4.46. The average molecular weight is 266 g/mol. The van der Waals surface area contributed by atoms with Crippen molar-refractivity contribution in [2.45, 2.75) is 13.2 Å². The van der Waals surface area contributed by atoms with Gasteiger partial charge in [-0.05, 0) is 17.7 Å². The van der Waals surface area contributed by atoms with E-state index in [4.69, 9.17) is 15.3 Å². The van der Waals surface area contributed by atoms with Crippen LogP contribution in [0.5, 0.6) is 5.75 Å². The van der Waals surface area contributed by atoms with Gasteiger partial charge in [0.2, 0.25) is 5.13 Å². The molecule has 0 atom stereocenters. The van der Waals surface area contributed by atoms with Crippen LogP contribution in [0.1, 0.15) is 10.6 Å². The lowest BCUT2D eigenvalue weighted by Crippen LogP contribution is -2.05. The Balaban J connectivity index is 1.84. The van der Waals surface area contributed by atoms with E-state index in [0.717, 1.165) is 16.3 Å². The van der Waals surface area contributed by atoms with Crippen LogP contribution in [0.2, 0.25) is 0 Å². The Hall–Kier alpha value is -1.70. The SMILES string of the molecule is COc1cccc(COCc2nnc(NN)s2)c1. The van der Waals surface area contributed by atoms with E-state index in [1.165, 1.54) is 11.3 Å². The summed E-state index contributed by atoms with van der Waals surface area (Å²) >= 11 is 1.37. The maximum Gasteiger partial charge on any atom is 0.219 e. The summed E-state index contributed by atoms with van der Waals surface area (Å²) in [5.74, 6) is 6.04. The van der Waals surface area contributed by atoms with E-state index >= 15 is 0 Å². The van der Waals surface area contributed by atoms with Crippen molar-refractivity contribution < 1.29 is 9.47 Å². The Bertz CT molecular complexity index is 503. The van der Waals surface area contributed by atoms with Crippen molar-refractivity contribution >= 4 is 16.5 Å². The summed E-state index contributed by atoms with van der Waals surface area (Å²) < 4.78 is 10.7. The Morgan fingerprint density at radius 3 is 2.94 bits per heavy atom. The van der Waals surface area contributed by atoms with Gasteiger partial charge in [-0.2, -0.15) is 0 Å². The van der Waals surface area contributed by atoms with Gasteiger partial charge in [0.1, 0.15) is 17.4 Å². The Labute approximate surface area is 109 Å². The largest absolute Gasteiger partial charge is 0.497 e. The van der Waals surface area contributed by atoms with Crippen molar-refractivity contribution in [1.29, 1.82) is 0 Å². The molecule has 0 bridgehead atoms. The lowest BCUT2D eigenvalue weighted by Gasteiger charge is -2.04. The normalized spacial score (nSPS) is 10.3. The summed E-state index contributed by atoms with van der Waals surface area (Å²) in [6.45, 7) is 0.915. The molecule has 3 N–H and O–H groups in total. The zero-order valence-electron chi connectivity index (χ0n) is 9.92. The molecule has 1 aromatic carbocycles. The van der Waals surface area contributed by atoms with E-state index in [-0.39, 0.29) is 0 Å². The second-order valence-electron chi connectivity index (χ2n) is 3.49. The van der Waals surface area contributed by atoms with Gasteiger partial charge in [0.25, 0.3) is 0 Å². The molecule has 1 aromatic heterocycles. The number of anilines is 1. The minimum atomic E-state index is 0.413. The zero-order valence-corrected chi connectivity index (χ0v) is 10.7. The Morgan fingerprint density at radius 1 is 1.33 bits per heavy atom. The number of benzene rings is 1. The molecule has 7 heteroatoms. The zero-order chi connectivity index (χ0) is 12.8. The smallest absolute Gasteiger partial charge is 0.219 e. The topological polar surface area (TPSA) is 82.3 Å². The number of ether oxygens (including phenoxy) is 2. The molecule has 2 rings (SSSR count). The van der Waals surface area contributed by atoms with Crippen LogP contribution in [0.15, 0.2) is 24.3 Å². The fraction of sp³-hybridized carbons (Fsp3) is 0.273. The molecule has 0 fully saturated rings. The summed E-state index contributed by atoms with van der Waals surface area (Å²) in [6.07, 6.45) is 0. The lowest BCUT2D eigenvalue weighted by molar-refractivity contribution is 0.106. The molecule has 0 aliphatic rings. The summed E-state index contributed by atoms with van der Waals surface area (Å²) in [6, 6.07) is 7.74. The van der Waals surface area contributed by atoms with Gasteiger partial charge in [0.15, 0.2) is 0 Å². The average Bonchev–Trinajstić information content (AvgIpc) is 2.87. The second-order valence-corrected chi connectivity index (χ2v) is 4.55. The second kappa shape index (κ2) is 6.29. The van der Waals surface area contributed by atoms with Crippen molar-refractivity contribution in [3.63, 3.8) is 0 Å². The van der Waals surface area contributed by atoms with Crippen LogP contribution in [0.4, 0.5) is 5.13 Å². The summed E-state index contributed by atoms with van der Waals surface area (Å²) in [4.78, 5) is 0. The predicted octanol–water partition coefficient (Wildman–Crippen LogP) is 1.55. The van der Waals surface area contributed by atoms with Crippen LogP contribution in [-0.4, -0.2) is 17.3 Å². The molecule has 0 aliphatic carbocycles. The minimum absolute atomic E-state index is 0.413. The Morgan fingerprint density at radius 2 is 2.22 bits per heavy atom. The molecule has 2 aromatic rings. The molecule has 0 amide bonds. The number of nitrogen functional groups attached to an aromatic ring is 1. The van der Waals surface area contributed by atoms with Crippen LogP contribution in [-0.2, 0) is 18.0 Å². The van der Waals surface area contributed by atoms with E-state index in [1.807, 2.05) is 24.3 Å². The van der Waals surface area contributed by atoms with Gasteiger partial charge in [0, 0.05) is 0 Å². The maximum absolute atomic E-state index is 5.55. The molecule has 0 unspecified atom stereocenters. The number of nitrogens with one attached hydrogen (secondary N) is 1. The maximum atomic E-state index is 5.55. The van der Waals surface area contributed by atoms with E-state index in [0.29, 0.717) is 18.3 Å². The van der Waals surface area contributed by atoms with Gasteiger partial charge < -0.3 is 9.47 Å². The third-order valence-electron chi connectivity index (χ3n) is 2.22. The molecular formula is C11H14N4O2S. The third kappa shape index (κ3) is 3.39. The molecule has 0 spiro atoms. The highest BCUT2D eigenvalue weighted by molar-refractivity contribution is 7.15. The van der Waals surface area contributed by atoms with Crippen molar-refractivity contribution in [1.82, 2.24) is 10.2 Å². The van der Waals surface area contributed by atoms with Crippen LogP contribution in [0.25, 0.3) is 0 Å². The van der Waals surface area contributed by atoms with Crippen molar-refractivity contribution in [3.8, 4) is 5.75 Å². The molecule has 1 heterocycles. The summed E-state index contributed by atoms with van der Waals surface area (Å²) in [7, 11) is 1.64. The molecule has 6 nitrogen and oxygen atoms in total. The number of aromatic nitrogens is 2. The van der Waals surface area contributed by atoms with E-state index in [9.17, 15) is 0 Å². The number of hydrogen-bond donors (Lipinski definition) is 2. The molecule has 0 radical (unpaired) electrons. The van der Waals surface area contributed by atoms with Gasteiger partial charge in [0.05, 0.1) is 13.7 Å². The van der Waals surface area contributed by atoms with Gasteiger partial charge in [-0.25, -0.2) is 5.84 Å². The van der Waals surface area contributed by atoms with Gasteiger partial charge in [-0.3, -0.25) is 5.43 Å². The van der Waals surface area contributed by atoms with E-state index in [1.54, 1.807) is 7.11 Å². The molecule has 0 aliphatic heterocycles. The lowest BCUT2D eigenvalue weighted by atomic mass is 10.2. The highest BCUT2D eigenvalue weighted by atomic mass is 32.1. The van der Waals surface area contributed by atoms with Gasteiger partial charge in [-0.15, -0.1) is 10.2 Å². The highest BCUT2D eigenvalue weighted by Gasteiger charge is 2.03. The third-order valence-corrected chi connectivity index (χ3v) is 3.05. The van der Waals surface area contributed by atoms with E-state index < -0.39 is 0 Å². The summed E-state index contributed by atoms with van der Waals surface area (Å²) in [5, 5.41) is 9.11. The molecule has 0 saturated heterocycles. The highest BCUT2D eigenvalue weighted by Crippen LogP contribution is 2.16. The van der Waals surface area contributed by atoms with Crippen molar-refractivity contribution in [2.24, 2.45) is 5.84 Å². The number of nitrogens with two attached hydrogens (primary N) is 1. The molecule has 96 valence electrons. The monoisotopic (exact) mass is 266 g/mol. The molecule has 0 saturated carbocycles. The van der Waals surface area contributed by atoms with Crippen LogP contribution >= 0.6 is 11.3 Å². The first-order valence-electron chi connectivity index (χ1n) is 5.31. The first kappa shape index (κ1) is 12.7. The van der Waals surface area contributed by atoms with Crippen LogP contribution in [0, 0.1) is 0 Å². The number of hydrogen-bond acceptors (Lipinski definition) is 7. The summed E-state index contributed by atoms with van der Waals surface area (Å²) in [5.41, 5.74) is 3.50. The standard InChI is InChI=1S/C11H14N4O2S/c1-16-9-4-2-3-8(5-9)6-17-7-10-14-15-11(13-12)18-10/h2-5H,6-7,12H2,1H3,(H,13,15).